The first-order chi connectivity index (χ1) is 7.25. The Hall–Kier alpha value is -1.83. The molecule has 1 heterocycles. The molecule has 0 aliphatic carbocycles. The molecule has 2 heteroatoms. The SMILES string of the molecule is [CH]C(=O)c1ccn(Cc2ccccc2)c1. The number of carbonyl (C=O) groups excluding carboxylic acids is 1. The first kappa shape index (κ1) is 9.71. The van der Waals surface area contributed by atoms with Crippen molar-refractivity contribution in [2.45, 2.75) is 6.54 Å². The van der Waals surface area contributed by atoms with Gasteiger partial charge >= 0.3 is 0 Å². The summed E-state index contributed by atoms with van der Waals surface area (Å²) in [6, 6.07) is 11.8. The fraction of sp³-hybridized carbons (Fsp3) is 0.0769. The molecule has 0 aliphatic heterocycles. The van der Waals surface area contributed by atoms with Crippen LogP contribution in [-0.2, 0) is 6.54 Å². The summed E-state index contributed by atoms with van der Waals surface area (Å²) in [7, 11) is 0. The highest BCUT2D eigenvalue weighted by Gasteiger charge is 2.01. The minimum atomic E-state index is -0.387. The highest BCUT2D eigenvalue weighted by molar-refractivity contribution is 5.99. The van der Waals surface area contributed by atoms with E-state index in [4.69, 9.17) is 6.92 Å². The van der Waals surface area contributed by atoms with E-state index in [1.165, 1.54) is 5.56 Å². The van der Waals surface area contributed by atoms with E-state index in [2.05, 4.69) is 0 Å². The zero-order valence-electron chi connectivity index (χ0n) is 8.26. The van der Waals surface area contributed by atoms with Crippen LogP contribution in [0.4, 0.5) is 0 Å². The molecule has 0 atom stereocenters. The predicted octanol–water partition coefficient (Wildman–Crippen LogP) is 2.43. The maximum atomic E-state index is 10.9. The van der Waals surface area contributed by atoms with E-state index in [0.717, 1.165) is 6.54 Å². The van der Waals surface area contributed by atoms with Crippen LogP contribution in [0.2, 0.25) is 0 Å². The van der Waals surface area contributed by atoms with Crippen molar-refractivity contribution in [3.8, 4) is 0 Å². The minimum absolute atomic E-state index is 0.387. The van der Waals surface area contributed by atoms with E-state index in [0.29, 0.717) is 5.56 Å². The fourth-order valence-corrected chi connectivity index (χ4v) is 1.48. The Morgan fingerprint density at radius 1 is 1.20 bits per heavy atom. The van der Waals surface area contributed by atoms with Gasteiger partial charge in [-0.1, -0.05) is 30.3 Å². The summed E-state index contributed by atoms with van der Waals surface area (Å²) in [5, 5.41) is 0. The van der Waals surface area contributed by atoms with Crippen molar-refractivity contribution in [2.75, 3.05) is 0 Å². The molecule has 2 radical (unpaired) electrons. The summed E-state index contributed by atoms with van der Waals surface area (Å²) in [5.74, 6) is -0.387. The lowest BCUT2D eigenvalue weighted by Crippen LogP contribution is -1.96. The molecule has 0 amide bonds. The highest BCUT2D eigenvalue weighted by atomic mass is 16.1. The lowest BCUT2D eigenvalue weighted by molar-refractivity contribution is 0.104. The van der Waals surface area contributed by atoms with Gasteiger partial charge in [-0.15, -0.1) is 0 Å². The van der Waals surface area contributed by atoms with E-state index in [-0.39, 0.29) is 5.78 Å². The van der Waals surface area contributed by atoms with Crippen molar-refractivity contribution in [1.82, 2.24) is 4.57 Å². The van der Waals surface area contributed by atoms with Gasteiger partial charge in [-0.2, -0.15) is 0 Å². The average molecular weight is 197 g/mol. The van der Waals surface area contributed by atoms with Crippen molar-refractivity contribution in [3.63, 3.8) is 0 Å². The van der Waals surface area contributed by atoms with E-state index >= 15 is 0 Å². The first-order valence-corrected chi connectivity index (χ1v) is 4.75. The van der Waals surface area contributed by atoms with Crippen molar-refractivity contribution in [2.24, 2.45) is 0 Å². The second kappa shape index (κ2) is 4.13. The summed E-state index contributed by atoms with van der Waals surface area (Å²) in [4.78, 5) is 10.9. The summed E-state index contributed by atoms with van der Waals surface area (Å²) in [6.45, 7) is 5.93. The zero-order chi connectivity index (χ0) is 10.7. The Balaban J connectivity index is 2.15. The highest BCUT2D eigenvalue weighted by Crippen LogP contribution is 2.06. The Morgan fingerprint density at radius 3 is 2.53 bits per heavy atom. The molecule has 0 bridgehead atoms. The van der Waals surface area contributed by atoms with Crippen LogP contribution in [0.25, 0.3) is 0 Å². The number of benzene rings is 1. The van der Waals surface area contributed by atoms with Gasteiger partial charge < -0.3 is 4.57 Å². The standard InChI is InChI=1S/C13H11NO/c1-11(15)13-7-8-14(10-13)9-12-5-3-2-4-6-12/h1-8,10H,9H2. The van der Waals surface area contributed by atoms with Crippen LogP contribution in [0.1, 0.15) is 15.9 Å². The van der Waals surface area contributed by atoms with E-state index in [1.807, 2.05) is 41.1 Å². The normalized spacial score (nSPS) is 10.2. The fourth-order valence-electron chi connectivity index (χ4n) is 1.48. The summed E-state index contributed by atoms with van der Waals surface area (Å²) in [6.07, 6.45) is 3.61. The topological polar surface area (TPSA) is 22.0 Å². The molecule has 1 aromatic heterocycles. The van der Waals surface area contributed by atoms with Gasteiger partial charge in [0.05, 0.1) is 0 Å². The second-order valence-electron chi connectivity index (χ2n) is 3.42. The minimum Gasteiger partial charge on any atom is -0.349 e. The van der Waals surface area contributed by atoms with Gasteiger partial charge in [0.15, 0.2) is 5.78 Å². The molecule has 0 saturated heterocycles. The number of carbonyl (C=O) groups is 1. The molecule has 0 fully saturated rings. The first-order valence-electron chi connectivity index (χ1n) is 4.75. The van der Waals surface area contributed by atoms with Crippen LogP contribution in [0.15, 0.2) is 48.8 Å². The van der Waals surface area contributed by atoms with E-state index in [1.54, 1.807) is 12.3 Å². The molecule has 0 N–H and O–H groups in total. The number of hydrogen-bond acceptors (Lipinski definition) is 1. The monoisotopic (exact) mass is 197 g/mol. The van der Waals surface area contributed by atoms with Crippen molar-refractivity contribution < 1.29 is 4.79 Å². The number of ketones is 1. The lowest BCUT2D eigenvalue weighted by atomic mass is 10.2. The van der Waals surface area contributed by atoms with Crippen LogP contribution in [0.5, 0.6) is 0 Å². The molecule has 15 heavy (non-hydrogen) atoms. The van der Waals surface area contributed by atoms with Gasteiger partial charge in [-0.25, -0.2) is 0 Å². The molecule has 74 valence electrons. The Bertz CT molecular complexity index is 456. The Morgan fingerprint density at radius 2 is 1.93 bits per heavy atom. The van der Waals surface area contributed by atoms with E-state index in [9.17, 15) is 4.79 Å². The lowest BCUT2D eigenvalue weighted by Gasteiger charge is -2.01. The average Bonchev–Trinajstić information content (AvgIpc) is 2.68. The number of Topliss-reactive ketones (excluding diaryl/α,β-unsaturated/α-hetero) is 1. The van der Waals surface area contributed by atoms with Crippen molar-refractivity contribution >= 4 is 5.78 Å². The van der Waals surface area contributed by atoms with Gasteiger partial charge in [-0.05, 0) is 11.6 Å². The molecule has 1 aromatic carbocycles. The third kappa shape index (κ3) is 2.34. The number of rotatable bonds is 3. The predicted molar refractivity (Wildman–Crippen MR) is 58.6 cm³/mol. The van der Waals surface area contributed by atoms with Crippen molar-refractivity contribution in [1.29, 1.82) is 0 Å². The van der Waals surface area contributed by atoms with Crippen LogP contribution in [0, 0.1) is 6.92 Å². The molecular formula is C13H11NO. The third-order valence-electron chi connectivity index (χ3n) is 2.24. The van der Waals surface area contributed by atoms with Gasteiger partial charge in [0, 0.05) is 31.4 Å². The Labute approximate surface area is 89.2 Å². The quantitative estimate of drug-likeness (QED) is 0.693. The zero-order valence-corrected chi connectivity index (χ0v) is 8.26. The second-order valence-corrected chi connectivity index (χ2v) is 3.42. The van der Waals surface area contributed by atoms with Gasteiger partial charge in [0.1, 0.15) is 0 Å². The van der Waals surface area contributed by atoms with Crippen LogP contribution in [0.3, 0.4) is 0 Å². The Kier molecular flexibility index (Phi) is 2.68. The summed E-state index contributed by atoms with van der Waals surface area (Å²) >= 11 is 0. The number of nitrogens with zero attached hydrogens (tertiary/aromatic N) is 1. The van der Waals surface area contributed by atoms with Gasteiger partial charge in [0.2, 0.25) is 0 Å². The molecule has 0 unspecified atom stereocenters. The van der Waals surface area contributed by atoms with Crippen LogP contribution >= 0.6 is 0 Å². The molecule has 0 spiro atoms. The smallest absolute Gasteiger partial charge is 0.168 e. The molecule has 2 rings (SSSR count). The summed E-state index contributed by atoms with van der Waals surface area (Å²) < 4.78 is 1.94. The van der Waals surface area contributed by atoms with Crippen molar-refractivity contribution in [3.05, 3.63) is 66.8 Å². The number of aromatic nitrogens is 1. The summed E-state index contributed by atoms with van der Waals surface area (Å²) in [5.41, 5.74) is 1.75. The third-order valence-corrected chi connectivity index (χ3v) is 2.24. The van der Waals surface area contributed by atoms with Crippen LogP contribution < -0.4 is 0 Å². The van der Waals surface area contributed by atoms with Crippen LogP contribution in [-0.4, -0.2) is 10.4 Å². The maximum absolute atomic E-state index is 10.9. The molecule has 2 aromatic rings. The molecule has 0 saturated carbocycles. The van der Waals surface area contributed by atoms with E-state index < -0.39 is 0 Å². The van der Waals surface area contributed by atoms with Gasteiger partial charge in [0.25, 0.3) is 0 Å². The largest absolute Gasteiger partial charge is 0.349 e. The molecular weight excluding hydrogens is 186 g/mol. The number of hydrogen-bond donors (Lipinski definition) is 0. The molecule has 0 aliphatic rings. The maximum Gasteiger partial charge on any atom is 0.168 e. The molecule has 2 nitrogen and oxygen atoms in total. The van der Waals surface area contributed by atoms with Gasteiger partial charge in [-0.3, -0.25) is 4.79 Å².